The summed E-state index contributed by atoms with van der Waals surface area (Å²) in [6, 6.07) is 22.6. The Kier molecular flexibility index (Phi) is 7.72. The zero-order valence-electron chi connectivity index (χ0n) is 16.2. The quantitative estimate of drug-likeness (QED) is 0.694. The molecule has 2 heteroatoms. The molecule has 1 fully saturated rings. The Hall–Kier alpha value is -1.64. The van der Waals surface area contributed by atoms with Gasteiger partial charge in [0.05, 0.1) is 0 Å². The maximum absolute atomic E-state index is 3.82. The van der Waals surface area contributed by atoms with Gasteiger partial charge in [-0.05, 0) is 68.8 Å². The Balaban J connectivity index is 1.32. The van der Waals surface area contributed by atoms with Crippen LogP contribution in [0.1, 0.15) is 49.7 Å². The van der Waals surface area contributed by atoms with E-state index in [0.29, 0.717) is 12.0 Å². The minimum atomic E-state index is 0.690. The third-order valence-electron chi connectivity index (χ3n) is 5.84. The van der Waals surface area contributed by atoms with Crippen molar-refractivity contribution >= 4 is 0 Å². The Morgan fingerprint density at radius 2 is 1.62 bits per heavy atom. The van der Waals surface area contributed by atoms with Crippen molar-refractivity contribution in [2.24, 2.45) is 0 Å². The van der Waals surface area contributed by atoms with Crippen molar-refractivity contribution in [1.29, 1.82) is 0 Å². The number of nitrogens with one attached hydrogen (secondary N) is 1. The highest BCUT2D eigenvalue weighted by atomic mass is 15.1. The van der Waals surface area contributed by atoms with Crippen LogP contribution in [0.25, 0.3) is 0 Å². The molecule has 0 aliphatic carbocycles. The molecule has 0 saturated carbocycles. The summed E-state index contributed by atoms with van der Waals surface area (Å²) in [6.07, 6.45) is 6.22. The van der Waals surface area contributed by atoms with Gasteiger partial charge in [0.25, 0.3) is 0 Å². The lowest BCUT2D eigenvalue weighted by Gasteiger charge is -2.32. The molecule has 0 radical (unpaired) electrons. The Bertz CT molecular complexity index is 603. The van der Waals surface area contributed by atoms with E-state index in [-0.39, 0.29) is 0 Å². The summed E-state index contributed by atoms with van der Waals surface area (Å²) in [6.45, 7) is 7.12. The molecule has 1 unspecified atom stereocenters. The molecule has 0 amide bonds. The molecule has 0 spiro atoms. The first-order chi connectivity index (χ1) is 12.8. The van der Waals surface area contributed by atoms with Gasteiger partial charge >= 0.3 is 0 Å². The van der Waals surface area contributed by atoms with Crippen molar-refractivity contribution in [3.05, 3.63) is 71.8 Å². The van der Waals surface area contributed by atoms with Crippen molar-refractivity contribution in [1.82, 2.24) is 10.2 Å². The second-order valence-corrected chi connectivity index (χ2v) is 7.61. The first kappa shape index (κ1) is 19.1. The summed E-state index contributed by atoms with van der Waals surface area (Å²) < 4.78 is 0. The van der Waals surface area contributed by atoms with Gasteiger partial charge < -0.3 is 10.2 Å². The number of benzene rings is 2. The van der Waals surface area contributed by atoms with Crippen LogP contribution in [-0.4, -0.2) is 37.1 Å². The highest BCUT2D eigenvalue weighted by molar-refractivity contribution is 5.19. The maximum atomic E-state index is 3.82. The molecular formula is C24H34N2. The molecule has 1 aliphatic heterocycles. The van der Waals surface area contributed by atoms with E-state index in [9.17, 15) is 0 Å². The molecule has 1 atom stereocenters. The van der Waals surface area contributed by atoms with Crippen LogP contribution in [0.15, 0.2) is 60.7 Å². The van der Waals surface area contributed by atoms with Gasteiger partial charge in [-0.15, -0.1) is 0 Å². The van der Waals surface area contributed by atoms with E-state index < -0.39 is 0 Å². The number of hydrogen-bond donors (Lipinski definition) is 1. The number of piperidine rings is 1. The molecule has 1 saturated heterocycles. The molecule has 1 N–H and O–H groups in total. The zero-order valence-corrected chi connectivity index (χ0v) is 16.2. The van der Waals surface area contributed by atoms with Crippen LogP contribution in [0.3, 0.4) is 0 Å². The van der Waals surface area contributed by atoms with E-state index in [1.807, 2.05) is 0 Å². The normalized spacial score (nSPS) is 17.3. The average Bonchev–Trinajstić information content (AvgIpc) is 2.72. The molecule has 1 aliphatic rings. The molecule has 26 heavy (non-hydrogen) atoms. The minimum Gasteiger partial charge on any atom is -0.314 e. The van der Waals surface area contributed by atoms with Crippen LogP contribution in [0, 0.1) is 0 Å². The van der Waals surface area contributed by atoms with Crippen molar-refractivity contribution in [2.75, 3.05) is 26.2 Å². The number of hydrogen-bond acceptors (Lipinski definition) is 2. The zero-order chi connectivity index (χ0) is 18.0. The minimum absolute atomic E-state index is 0.690. The van der Waals surface area contributed by atoms with Gasteiger partial charge in [0.2, 0.25) is 0 Å². The summed E-state index contributed by atoms with van der Waals surface area (Å²) in [5.41, 5.74) is 2.95. The molecule has 2 aromatic carbocycles. The lowest BCUT2D eigenvalue weighted by molar-refractivity contribution is 0.199. The van der Waals surface area contributed by atoms with Crippen LogP contribution in [0.5, 0.6) is 0 Å². The van der Waals surface area contributed by atoms with Crippen molar-refractivity contribution in [3.8, 4) is 0 Å². The SMILES string of the molecule is CCC(CCNC1CCN(CCc2ccccc2)CC1)c1ccccc1. The van der Waals surface area contributed by atoms with E-state index in [1.165, 1.54) is 62.9 Å². The van der Waals surface area contributed by atoms with Gasteiger partial charge in [-0.2, -0.15) is 0 Å². The maximum Gasteiger partial charge on any atom is 0.00914 e. The fourth-order valence-corrected chi connectivity index (χ4v) is 4.09. The smallest absolute Gasteiger partial charge is 0.00914 e. The summed E-state index contributed by atoms with van der Waals surface area (Å²) in [5.74, 6) is 0.690. The predicted molar refractivity (Wildman–Crippen MR) is 112 cm³/mol. The van der Waals surface area contributed by atoms with Gasteiger partial charge in [0.1, 0.15) is 0 Å². The van der Waals surface area contributed by atoms with Gasteiger partial charge in [-0.25, -0.2) is 0 Å². The predicted octanol–water partition coefficient (Wildman–Crippen LogP) is 4.87. The first-order valence-electron chi connectivity index (χ1n) is 10.4. The number of nitrogens with zero attached hydrogens (tertiary/aromatic N) is 1. The Morgan fingerprint density at radius 3 is 2.27 bits per heavy atom. The highest BCUT2D eigenvalue weighted by Crippen LogP contribution is 2.22. The molecule has 0 aromatic heterocycles. The summed E-state index contributed by atoms with van der Waals surface area (Å²) >= 11 is 0. The van der Waals surface area contributed by atoms with Crippen molar-refractivity contribution in [2.45, 2.75) is 51.0 Å². The van der Waals surface area contributed by atoms with E-state index in [2.05, 4.69) is 77.8 Å². The summed E-state index contributed by atoms with van der Waals surface area (Å²) in [7, 11) is 0. The Labute approximate surface area is 159 Å². The molecular weight excluding hydrogens is 316 g/mol. The molecule has 2 aromatic rings. The van der Waals surface area contributed by atoms with Crippen LogP contribution >= 0.6 is 0 Å². The largest absolute Gasteiger partial charge is 0.314 e. The topological polar surface area (TPSA) is 15.3 Å². The van der Waals surface area contributed by atoms with Crippen LogP contribution in [-0.2, 0) is 6.42 Å². The summed E-state index contributed by atoms with van der Waals surface area (Å²) in [4.78, 5) is 2.63. The average molecular weight is 351 g/mol. The van der Waals surface area contributed by atoms with Crippen molar-refractivity contribution < 1.29 is 0 Å². The Morgan fingerprint density at radius 1 is 0.962 bits per heavy atom. The molecule has 2 nitrogen and oxygen atoms in total. The molecule has 140 valence electrons. The lowest BCUT2D eigenvalue weighted by Crippen LogP contribution is -2.43. The first-order valence-corrected chi connectivity index (χ1v) is 10.4. The van der Waals surface area contributed by atoms with E-state index >= 15 is 0 Å². The second-order valence-electron chi connectivity index (χ2n) is 7.61. The number of likely N-dealkylation sites (tertiary alicyclic amines) is 1. The van der Waals surface area contributed by atoms with Crippen LogP contribution < -0.4 is 5.32 Å². The van der Waals surface area contributed by atoms with Gasteiger partial charge in [-0.3, -0.25) is 0 Å². The third kappa shape index (κ3) is 5.96. The fourth-order valence-electron chi connectivity index (χ4n) is 4.09. The van der Waals surface area contributed by atoms with Gasteiger partial charge in [0, 0.05) is 12.6 Å². The monoisotopic (exact) mass is 350 g/mol. The van der Waals surface area contributed by atoms with E-state index in [1.54, 1.807) is 0 Å². The lowest BCUT2D eigenvalue weighted by atomic mass is 9.93. The van der Waals surface area contributed by atoms with Crippen LogP contribution in [0.4, 0.5) is 0 Å². The number of rotatable bonds is 9. The fraction of sp³-hybridized carbons (Fsp3) is 0.500. The molecule has 3 rings (SSSR count). The van der Waals surface area contributed by atoms with E-state index in [0.717, 1.165) is 6.54 Å². The second kappa shape index (κ2) is 10.5. The standard InChI is InChI=1S/C24H34N2/c1-2-22(23-11-7-4-8-12-23)13-17-25-24-15-19-26(20-16-24)18-14-21-9-5-3-6-10-21/h3-12,22,24-25H,2,13-20H2,1H3. The van der Waals surface area contributed by atoms with Crippen molar-refractivity contribution in [3.63, 3.8) is 0 Å². The molecule has 1 heterocycles. The van der Waals surface area contributed by atoms with Crippen LogP contribution in [0.2, 0.25) is 0 Å². The van der Waals surface area contributed by atoms with Gasteiger partial charge in [-0.1, -0.05) is 67.6 Å². The van der Waals surface area contributed by atoms with Gasteiger partial charge in [0.15, 0.2) is 0 Å². The molecule has 0 bridgehead atoms. The third-order valence-corrected chi connectivity index (χ3v) is 5.84. The highest BCUT2D eigenvalue weighted by Gasteiger charge is 2.19. The summed E-state index contributed by atoms with van der Waals surface area (Å²) in [5, 5.41) is 3.82. The van der Waals surface area contributed by atoms with E-state index in [4.69, 9.17) is 0 Å².